The van der Waals surface area contributed by atoms with Gasteiger partial charge in [-0.1, -0.05) is 61.5 Å². The smallest absolute Gasteiger partial charge is 0.256 e. The van der Waals surface area contributed by atoms with Crippen molar-refractivity contribution < 1.29 is 9.59 Å². The second-order valence-corrected chi connectivity index (χ2v) is 8.07. The number of anilines is 1. The third-order valence-corrected chi connectivity index (χ3v) is 5.92. The summed E-state index contributed by atoms with van der Waals surface area (Å²) in [7, 11) is 0. The molecule has 0 aliphatic heterocycles. The van der Waals surface area contributed by atoms with E-state index in [-0.39, 0.29) is 17.9 Å². The van der Waals surface area contributed by atoms with E-state index in [1.54, 1.807) is 30.0 Å². The summed E-state index contributed by atoms with van der Waals surface area (Å²) in [5, 5.41) is 5.88. The zero-order valence-electron chi connectivity index (χ0n) is 17.2. The Labute approximate surface area is 182 Å². The van der Waals surface area contributed by atoms with E-state index in [2.05, 4.69) is 22.8 Å². The van der Waals surface area contributed by atoms with Gasteiger partial charge in [-0.05, 0) is 43.2 Å². The monoisotopic (exact) mass is 418 g/mol. The molecular formula is C25H26N2O2S. The molecule has 2 amide bonds. The second-order valence-electron chi connectivity index (χ2n) is 7.05. The Kier molecular flexibility index (Phi) is 7.69. The maximum Gasteiger partial charge on any atom is 0.256 e. The van der Waals surface area contributed by atoms with Crippen LogP contribution in [0.2, 0.25) is 0 Å². The van der Waals surface area contributed by atoms with Gasteiger partial charge in [-0.25, -0.2) is 0 Å². The van der Waals surface area contributed by atoms with Crippen LogP contribution in [0.3, 0.4) is 0 Å². The van der Waals surface area contributed by atoms with Crippen molar-refractivity contribution in [1.82, 2.24) is 5.32 Å². The first-order valence-corrected chi connectivity index (χ1v) is 11.0. The molecule has 0 radical (unpaired) electrons. The molecule has 3 rings (SSSR count). The first kappa shape index (κ1) is 21.7. The maximum atomic E-state index is 13.0. The minimum Gasteiger partial charge on any atom is -0.350 e. The topological polar surface area (TPSA) is 58.2 Å². The van der Waals surface area contributed by atoms with Crippen molar-refractivity contribution in [2.75, 3.05) is 5.32 Å². The Morgan fingerprint density at radius 1 is 0.833 bits per heavy atom. The van der Waals surface area contributed by atoms with Crippen LogP contribution in [-0.4, -0.2) is 17.9 Å². The molecule has 1 atom stereocenters. The minimum absolute atomic E-state index is 0.0661. The van der Waals surface area contributed by atoms with Crippen LogP contribution in [0.5, 0.6) is 0 Å². The molecule has 2 N–H and O–H groups in total. The highest BCUT2D eigenvalue weighted by molar-refractivity contribution is 7.98. The molecule has 30 heavy (non-hydrogen) atoms. The van der Waals surface area contributed by atoms with E-state index in [0.717, 1.165) is 17.1 Å². The van der Waals surface area contributed by atoms with Crippen molar-refractivity contribution in [3.05, 3.63) is 95.6 Å². The molecule has 0 aliphatic carbocycles. The summed E-state index contributed by atoms with van der Waals surface area (Å²) in [4.78, 5) is 26.6. The lowest BCUT2D eigenvalue weighted by molar-refractivity contribution is 0.0940. The summed E-state index contributed by atoms with van der Waals surface area (Å²) >= 11 is 1.62. The van der Waals surface area contributed by atoms with E-state index < -0.39 is 0 Å². The summed E-state index contributed by atoms with van der Waals surface area (Å²) in [6, 6.07) is 24.8. The lowest BCUT2D eigenvalue weighted by Gasteiger charge is -2.15. The summed E-state index contributed by atoms with van der Waals surface area (Å²) in [5.41, 5.74) is 2.76. The fourth-order valence-corrected chi connectivity index (χ4v) is 3.90. The van der Waals surface area contributed by atoms with Gasteiger partial charge in [0.25, 0.3) is 11.8 Å². The number of benzene rings is 3. The fraction of sp³-hybridized carbons (Fsp3) is 0.200. The van der Waals surface area contributed by atoms with E-state index in [9.17, 15) is 9.59 Å². The summed E-state index contributed by atoms with van der Waals surface area (Å²) in [6.07, 6.45) is 0.840. The first-order chi connectivity index (χ1) is 14.6. The third kappa shape index (κ3) is 5.74. The average molecular weight is 419 g/mol. The Hall–Kier alpha value is -3.05. The Morgan fingerprint density at radius 2 is 1.47 bits per heavy atom. The van der Waals surface area contributed by atoms with Crippen molar-refractivity contribution in [1.29, 1.82) is 0 Å². The molecule has 0 aliphatic rings. The zero-order valence-corrected chi connectivity index (χ0v) is 18.0. The molecular weight excluding hydrogens is 392 g/mol. The van der Waals surface area contributed by atoms with Crippen LogP contribution >= 0.6 is 11.8 Å². The average Bonchev–Trinajstić information content (AvgIpc) is 2.78. The van der Waals surface area contributed by atoms with E-state index in [1.165, 1.54) is 5.56 Å². The number of para-hydroxylation sites is 1. The van der Waals surface area contributed by atoms with Crippen LogP contribution in [0.15, 0.2) is 83.8 Å². The van der Waals surface area contributed by atoms with Crippen LogP contribution in [0.25, 0.3) is 0 Å². The number of carbonyl (C=O) groups excluding carboxylic acids is 2. The third-order valence-electron chi connectivity index (χ3n) is 4.78. The first-order valence-electron chi connectivity index (χ1n) is 10.1. The number of hydrogen-bond donors (Lipinski definition) is 2. The number of thioether (sulfide) groups is 1. The predicted octanol–water partition coefficient (Wildman–Crippen LogP) is 5.76. The maximum absolute atomic E-state index is 13.0. The number of nitrogens with one attached hydrogen (secondary N) is 2. The highest BCUT2D eigenvalue weighted by Crippen LogP contribution is 2.27. The van der Waals surface area contributed by atoms with Crippen molar-refractivity contribution in [2.45, 2.75) is 37.0 Å². The molecule has 4 nitrogen and oxygen atoms in total. The molecule has 3 aromatic carbocycles. The van der Waals surface area contributed by atoms with Crippen molar-refractivity contribution in [3.8, 4) is 0 Å². The molecule has 0 saturated carbocycles. The number of carbonyl (C=O) groups is 2. The summed E-state index contributed by atoms with van der Waals surface area (Å²) < 4.78 is 0. The molecule has 154 valence electrons. The van der Waals surface area contributed by atoms with Gasteiger partial charge in [0.05, 0.1) is 16.8 Å². The Bertz CT molecular complexity index is 1000. The van der Waals surface area contributed by atoms with Crippen LogP contribution in [0.1, 0.15) is 46.5 Å². The van der Waals surface area contributed by atoms with E-state index in [0.29, 0.717) is 16.8 Å². The number of hydrogen-bond acceptors (Lipinski definition) is 3. The minimum atomic E-state index is -0.227. The lowest BCUT2D eigenvalue weighted by atomic mass is 10.1. The Balaban J connectivity index is 1.76. The quantitative estimate of drug-likeness (QED) is 0.457. The lowest BCUT2D eigenvalue weighted by Crippen LogP contribution is -2.32. The highest BCUT2D eigenvalue weighted by Gasteiger charge is 2.17. The summed E-state index contributed by atoms with van der Waals surface area (Å²) in [6.45, 7) is 3.97. The van der Waals surface area contributed by atoms with Crippen molar-refractivity contribution in [2.24, 2.45) is 0 Å². The van der Waals surface area contributed by atoms with Gasteiger partial charge in [-0.3, -0.25) is 9.59 Å². The van der Waals surface area contributed by atoms with Crippen LogP contribution in [0, 0.1) is 0 Å². The van der Waals surface area contributed by atoms with Crippen LogP contribution in [-0.2, 0) is 5.75 Å². The summed E-state index contributed by atoms with van der Waals surface area (Å²) in [5.74, 6) is 0.362. The normalized spacial score (nSPS) is 11.5. The SMILES string of the molecule is CC[C@H](C)NC(=O)c1ccccc1NC(=O)c1ccccc1SCc1ccccc1. The molecule has 5 heteroatoms. The van der Waals surface area contributed by atoms with Gasteiger partial charge in [0.1, 0.15) is 0 Å². The van der Waals surface area contributed by atoms with E-state index >= 15 is 0 Å². The largest absolute Gasteiger partial charge is 0.350 e. The van der Waals surface area contributed by atoms with Gasteiger partial charge >= 0.3 is 0 Å². The molecule has 0 saturated heterocycles. The Morgan fingerprint density at radius 3 is 2.20 bits per heavy atom. The predicted molar refractivity (Wildman–Crippen MR) is 124 cm³/mol. The fourth-order valence-electron chi connectivity index (χ4n) is 2.90. The van der Waals surface area contributed by atoms with Gasteiger partial charge in [0.15, 0.2) is 0 Å². The van der Waals surface area contributed by atoms with Crippen molar-refractivity contribution in [3.63, 3.8) is 0 Å². The molecule has 0 spiro atoms. The van der Waals surface area contributed by atoms with E-state index in [4.69, 9.17) is 0 Å². The zero-order chi connectivity index (χ0) is 21.3. The number of rotatable bonds is 8. The standard InChI is InChI=1S/C25H26N2O2S/c1-3-18(2)26-24(28)20-13-7-9-15-22(20)27-25(29)21-14-8-10-16-23(21)30-17-19-11-5-4-6-12-19/h4-16,18H,3,17H2,1-2H3,(H,26,28)(H,27,29)/t18-/m0/s1. The van der Waals surface area contributed by atoms with Gasteiger partial charge in [-0.2, -0.15) is 0 Å². The second kappa shape index (κ2) is 10.6. The number of amides is 2. The molecule has 0 unspecified atom stereocenters. The van der Waals surface area contributed by atoms with Gasteiger partial charge in [0.2, 0.25) is 0 Å². The van der Waals surface area contributed by atoms with E-state index in [1.807, 2.05) is 62.4 Å². The van der Waals surface area contributed by atoms with Crippen molar-refractivity contribution >= 4 is 29.3 Å². The van der Waals surface area contributed by atoms with Gasteiger partial charge < -0.3 is 10.6 Å². The van der Waals surface area contributed by atoms with Gasteiger partial charge in [0, 0.05) is 16.7 Å². The molecule has 3 aromatic rings. The van der Waals surface area contributed by atoms with Crippen LogP contribution in [0.4, 0.5) is 5.69 Å². The molecule has 0 heterocycles. The van der Waals surface area contributed by atoms with Crippen LogP contribution < -0.4 is 10.6 Å². The highest BCUT2D eigenvalue weighted by atomic mass is 32.2. The molecule has 0 aromatic heterocycles. The molecule has 0 fully saturated rings. The van der Waals surface area contributed by atoms with Gasteiger partial charge in [-0.15, -0.1) is 11.8 Å². The molecule has 0 bridgehead atoms.